The first-order valence-electron chi connectivity index (χ1n) is 16.6. The second-order valence-corrected chi connectivity index (χ2v) is 16.2. The number of fused-ring (bicyclic) bond motifs is 1. The van der Waals surface area contributed by atoms with Gasteiger partial charge >= 0.3 is 0 Å². The summed E-state index contributed by atoms with van der Waals surface area (Å²) in [4.78, 5) is 49.9. The summed E-state index contributed by atoms with van der Waals surface area (Å²) in [7, 11) is 0. The highest BCUT2D eigenvalue weighted by Gasteiger charge is 2.76. The summed E-state index contributed by atoms with van der Waals surface area (Å²) in [6.07, 6.45) is 4.23. The molecule has 49 heavy (non-hydrogen) atoms. The molecule has 7 atom stereocenters. The lowest BCUT2D eigenvalue weighted by atomic mass is 9.70. The highest BCUT2D eigenvalue weighted by atomic mass is 79.9. The number of nitrogens with zero attached hydrogens (tertiary/aromatic N) is 3. The number of amides is 3. The van der Waals surface area contributed by atoms with Gasteiger partial charge in [-0.05, 0) is 42.5 Å². The Labute approximate surface area is 306 Å². The number of carbonyl (C=O) groups is 3. The molecule has 10 heteroatoms. The van der Waals surface area contributed by atoms with Crippen LogP contribution in [0.1, 0.15) is 23.1 Å². The number of anilines is 1. The Kier molecular flexibility index (Phi) is 10.7. The molecule has 6 rings (SSSR count). The topological polar surface area (TPSA) is 81.2 Å². The number of carbonyl (C=O) groups excluding carboxylic acids is 3. The third kappa shape index (κ3) is 6.39. The number of para-hydroxylation sites is 1. The van der Waals surface area contributed by atoms with Gasteiger partial charge in [0.2, 0.25) is 11.8 Å². The summed E-state index contributed by atoms with van der Waals surface area (Å²) in [6.45, 7) is 10.3. The molecule has 0 aromatic heterocycles. The number of aliphatic hydroxyl groups excluding tert-OH is 1. The van der Waals surface area contributed by atoms with Crippen LogP contribution >= 0.6 is 39.3 Å². The quantitative estimate of drug-likeness (QED) is 0.160. The minimum absolute atomic E-state index is 0.107. The molecule has 256 valence electrons. The number of hydrogen-bond donors (Lipinski definition) is 1. The van der Waals surface area contributed by atoms with Crippen molar-refractivity contribution in [2.24, 2.45) is 11.8 Å². The van der Waals surface area contributed by atoms with Gasteiger partial charge in [-0.15, -0.1) is 24.9 Å². The van der Waals surface area contributed by atoms with Crippen molar-refractivity contribution in [3.05, 3.63) is 126 Å². The van der Waals surface area contributed by atoms with Crippen molar-refractivity contribution in [1.82, 2.24) is 9.80 Å². The lowest BCUT2D eigenvalue weighted by Crippen LogP contribution is -2.58. The zero-order chi connectivity index (χ0) is 34.9. The molecule has 3 aromatic rings. The van der Waals surface area contributed by atoms with E-state index in [2.05, 4.69) is 29.1 Å². The Bertz CT molecular complexity index is 1710. The average molecular weight is 763 g/mol. The highest BCUT2D eigenvalue weighted by molar-refractivity contribution is 9.09. The molecule has 3 amide bonds. The predicted octanol–water partition coefficient (Wildman–Crippen LogP) is 6.45. The van der Waals surface area contributed by atoms with Gasteiger partial charge in [0.1, 0.15) is 6.04 Å². The Morgan fingerprint density at radius 2 is 1.67 bits per heavy atom. The molecule has 3 unspecified atom stereocenters. The van der Waals surface area contributed by atoms with Crippen LogP contribution in [0.25, 0.3) is 0 Å². The molecule has 0 saturated carbocycles. The van der Waals surface area contributed by atoms with Gasteiger partial charge in [0.15, 0.2) is 0 Å². The van der Waals surface area contributed by atoms with Crippen molar-refractivity contribution in [1.29, 1.82) is 0 Å². The number of likely N-dealkylation sites (tertiary alicyclic amines) is 1. The van der Waals surface area contributed by atoms with E-state index in [0.29, 0.717) is 36.6 Å². The average Bonchev–Trinajstić information content (AvgIpc) is 3.70. The number of aliphatic hydroxyl groups is 1. The zero-order valence-corrected chi connectivity index (χ0v) is 30.6. The molecular formula is C39H41BrClN3O4S. The van der Waals surface area contributed by atoms with Gasteiger partial charge in [-0.1, -0.05) is 112 Å². The van der Waals surface area contributed by atoms with Crippen molar-refractivity contribution in [2.45, 2.75) is 53.2 Å². The molecule has 1 N–H and O–H groups in total. The Morgan fingerprint density at radius 3 is 2.29 bits per heavy atom. The van der Waals surface area contributed by atoms with E-state index in [0.717, 1.165) is 16.7 Å². The third-order valence-corrected chi connectivity index (χ3v) is 13.6. The van der Waals surface area contributed by atoms with Crippen LogP contribution in [-0.2, 0) is 27.3 Å². The fraction of sp³-hybridized carbons (Fsp3) is 0.359. The molecule has 2 bridgehead atoms. The number of halogens is 2. The molecule has 3 saturated heterocycles. The lowest BCUT2D eigenvalue weighted by Gasteiger charge is -2.40. The van der Waals surface area contributed by atoms with Gasteiger partial charge in [-0.3, -0.25) is 14.4 Å². The normalized spacial score (nSPS) is 25.9. The summed E-state index contributed by atoms with van der Waals surface area (Å²) < 4.78 is -0.918. The van der Waals surface area contributed by atoms with Crippen LogP contribution in [0.4, 0.5) is 5.69 Å². The summed E-state index contributed by atoms with van der Waals surface area (Å²) in [5.74, 6) is -2.14. The van der Waals surface area contributed by atoms with E-state index >= 15 is 9.59 Å². The van der Waals surface area contributed by atoms with E-state index in [9.17, 15) is 9.90 Å². The van der Waals surface area contributed by atoms with Gasteiger partial charge < -0.3 is 19.8 Å². The van der Waals surface area contributed by atoms with Crippen LogP contribution in [0.2, 0.25) is 5.02 Å². The first-order valence-corrected chi connectivity index (χ1v) is 18.7. The lowest BCUT2D eigenvalue weighted by molar-refractivity contribution is -0.145. The molecular weight excluding hydrogens is 722 g/mol. The van der Waals surface area contributed by atoms with Crippen LogP contribution in [0.3, 0.4) is 0 Å². The van der Waals surface area contributed by atoms with Crippen molar-refractivity contribution >= 4 is 62.7 Å². The number of benzene rings is 3. The number of alkyl halides is 1. The maximum atomic E-state index is 15.3. The summed E-state index contributed by atoms with van der Waals surface area (Å²) in [5.41, 5.74) is 3.28. The van der Waals surface area contributed by atoms with Crippen molar-refractivity contribution in [2.75, 3.05) is 24.6 Å². The smallest absolute Gasteiger partial charge is 0.251 e. The maximum Gasteiger partial charge on any atom is 0.251 e. The van der Waals surface area contributed by atoms with Crippen molar-refractivity contribution < 1.29 is 19.5 Å². The predicted molar refractivity (Wildman–Crippen MR) is 201 cm³/mol. The van der Waals surface area contributed by atoms with Crippen LogP contribution in [0, 0.1) is 18.8 Å². The van der Waals surface area contributed by atoms with Crippen LogP contribution in [-0.4, -0.2) is 79.2 Å². The standard InChI is InChI=1S/C39H41BrClN3O4S/c1-4-19-42(23-27-16-10-7-11-17-27)36(46)31-32-37(47)44(28(24-45)21-26-14-8-6-9-15-26)35(39(32)22-29(40)34(31)49-39)38(48)43(20-5-2)33-25(3)13-12-18-30(33)41/h4-18,28-29,31-32,34-35,45H,1-2,19-24H2,3H3/t28-,29?,31-,32+,34-,35?,39?/m1/s1. The van der Waals surface area contributed by atoms with Gasteiger partial charge in [0.25, 0.3) is 5.91 Å². The third-order valence-electron chi connectivity index (χ3n) is 10.1. The second-order valence-electron chi connectivity index (χ2n) is 13.1. The monoisotopic (exact) mass is 761 g/mol. The largest absolute Gasteiger partial charge is 0.394 e. The first kappa shape index (κ1) is 35.5. The number of thioether (sulfide) groups is 1. The van der Waals surface area contributed by atoms with E-state index in [1.165, 1.54) is 0 Å². The van der Waals surface area contributed by atoms with E-state index in [1.54, 1.807) is 44.7 Å². The Morgan fingerprint density at radius 1 is 1.02 bits per heavy atom. The van der Waals surface area contributed by atoms with Crippen molar-refractivity contribution in [3.8, 4) is 0 Å². The molecule has 3 aliphatic heterocycles. The molecule has 3 heterocycles. The fourth-order valence-corrected chi connectivity index (χ4v) is 12.0. The molecule has 7 nitrogen and oxygen atoms in total. The summed E-state index contributed by atoms with van der Waals surface area (Å²) >= 11 is 12.2. The minimum Gasteiger partial charge on any atom is -0.394 e. The van der Waals surface area contributed by atoms with Crippen LogP contribution < -0.4 is 4.90 Å². The van der Waals surface area contributed by atoms with E-state index in [4.69, 9.17) is 11.6 Å². The number of hydrogen-bond acceptors (Lipinski definition) is 5. The molecule has 3 aliphatic rings. The summed E-state index contributed by atoms with van der Waals surface area (Å²) in [6, 6.07) is 23.2. The molecule has 0 aliphatic carbocycles. The summed E-state index contributed by atoms with van der Waals surface area (Å²) in [5, 5.41) is 11.1. The molecule has 3 aromatic carbocycles. The van der Waals surface area contributed by atoms with Gasteiger partial charge in [0, 0.05) is 29.7 Å². The van der Waals surface area contributed by atoms with E-state index in [-0.39, 0.29) is 41.0 Å². The fourth-order valence-electron chi connectivity index (χ4n) is 8.10. The molecule has 0 radical (unpaired) electrons. The van der Waals surface area contributed by atoms with Gasteiger partial charge in [-0.2, -0.15) is 0 Å². The minimum atomic E-state index is -0.962. The van der Waals surface area contributed by atoms with E-state index < -0.39 is 28.7 Å². The van der Waals surface area contributed by atoms with E-state index in [1.807, 2.05) is 79.7 Å². The molecule has 1 spiro atoms. The second kappa shape index (κ2) is 14.9. The number of rotatable bonds is 13. The van der Waals surface area contributed by atoms with Crippen LogP contribution in [0.5, 0.6) is 0 Å². The van der Waals surface area contributed by atoms with Gasteiger partial charge in [-0.25, -0.2) is 0 Å². The zero-order valence-electron chi connectivity index (χ0n) is 27.5. The first-order chi connectivity index (χ1) is 23.7. The maximum absolute atomic E-state index is 15.3. The highest BCUT2D eigenvalue weighted by Crippen LogP contribution is 2.68. The van der Waals surface area contributed by atoms with Crippen LogP contribution in [0.15, 0.2) is 104 Å². The number of aryl methyl sites for hydroxylation is 1. The van der Waals surface area contributed by atoms with Crippen molar-refractivity contribution in [3.63, 3.8) is 0 Å². The van der Waals surface area contributed by atoms with Gasteiger partial charge in [0.05, 0.1) is 39.9 Å². The molecule has 3 fully saturated rings. The Hall–Kier alpha value is -3.37. The SMILES string of the molecule is C=CCN(Cc1ccccc1)C(=O)[C@H]1[C@@H]2SC3(CC2Br)C(C(=O)N(CC=C)c2c(C)cccc2Cl)N([C@@H](CO)Cc2ccccc2)C(=O)[C@H]13. The Balaban J connectivity index is 1.47.